The van der Waals surface area contributed by atoms with Gasteiger partial charge in [-0.3, -0.25) is 10.1 Å². The molecule has 1 aromatic carbocycles. The van der Waals surface area contributed by atoms with Crippen molar-refractivity contribution in [2.24, 2.45) is 0 Å². The van der Waals surface area contributed by atoms with Crippen LogP contribution in [0.1, 0.15) is 23.8 Å². The molecule has 24 heavy (non-hydrogen) atoms. The van der Waals surface area contributed by atoms with Gasteiger partial charge < -0.3 is 10.6 Å². The average Bonchev–Trinajstić information content (AvgIpc) is 3.29. The summed E-state index contributed by atoms with van der Waals surface area (Å²) in [6, 6.07) is 4.19. The quantitative estimate of drug-likeness (QED) is 0.733. The SMILES string of the molecule is O=C(CNC(=O)Nc1nnc(C2CC2)s1)Nc1cc(Cl)ccc1Cl. The number of hydrogen-bond acceptors (Lipinski definition) is 5. The number of benzene rings is 1. The topological polar surface area (TPSA) is 96.0 Å². The number of nitrogens with zero attached hydrogens (tertiary/aromatic N) is 2. The van der Waals surface area contributed by atoms with E-state index in [0.717, 1.165) is 17.8 Å². The fourth-order valence-electron chi connectivity index (χ4n) is 1.87. The van der Waals surface area contributed by atoms with E-state index in [1.807, 2.05) is 0 Å². The first-order chi connectivity index (χ1) is 11.5. The second-order valence-electron chi connectivity index (χ2n) is 5.20. The molecule has 3 N–H and O–H groups in total. The summed E-state index contributed by atoms with van der Waals surface area (Å²) in [5.74, 6) is 0.0552. The van der Waals surface area contributed by atoms with Crippen molar-refractivity contribution in [2.75, 3.05) is 17.2 Å². The summed E-state index contributed by atoms with van der Waals surface area (Å²) in [5, 5.41) is 17.6. The number of nitrogens with one attached hydrogen (secondary N) is 3. The predicted octanol–water partition coefficient (Wildman–Crippen LogP) is 3.48. The second kappa shape index (κ2) is 7.33. The summed E-state index contributed by atoms with van der Waals surface area (Å²) in [6.07, 6.45) is 2.24. The Labute approximate surface area is 151 Å². The van der Waals surface area contributed by atoms with Crippen molar-refractivity contribution in [1.29, 1.82) is 0 Å². The molecule has 0 spiro atoms. The van der Waals surface area contributed by atoms with E-state index in [9.17, 15) is 9.59 Å². The van der Waals surface area contributed by atoms with E-state index in [1.165, 1.54) is 17.4 Å². The molecule has 0 unspecified atom stereocenters. The molecule has 126 valence electrons. The molecular formula is C14H13Cl2N5O2S. The fourth-order valence-corrected chi connectivity index (χ4v) is 3.11. The minimum Gasteiger partial charge on any atom is -0.329 e. The van der Waals surface area contributed by atoms with Gasteiger partial charge in [0.2, 0.25) is 11.0 Å². The van der Waals surface area contributed by atoms with Crippen molar-refractivity contribution in [1.82, 2.24) is 15.5 Å². The summed E-state index contributed by atoms with van der Waals surface area (Å²) >= 11 is 13.1. The van der Waals surface area contributed by atoms with E-state index < -0.39 is 11.9 Å². The summed E-state index contributed by atoms with van der Waals surface area (Å²) in [6.45, 7) is -0.219. The number of aromatic nitrogens is 2. The first-order valence-electron chi connectivity index (χ1n) is 7.14. The van der Waals surface area contributed by atoms with Crippen LogP contribution in [0.25, 0.3) is 0 Å². The van der Waals surface area contributed by atoms with Crippen LogP contribution < -0.4 is 16.0 Å². The Balaban J connectivity index is 1.46. The van der Waals surface area contributed by atoms with Gasteiger partial charge in [0.25, 0.3) is 0 Å². The number of hydrogen-bond donors (Lipinski definition) is 3. The van der Waals surface area contributed by atoms with Crippen molar-refractivity contribution in [3.63, 3.8) is 0 Å². The maximum atomic E-state index is 11.9. The van der Waals surface area contributed by atoms with Crippen molar-refractivity contribution in [3.05, 3.63) is 33.3 Å². The monoisotopic (exact) mass is 385 g/mol. The van der Waals surface area contributed by atoms with Crippen molar-refractivity contribution in [3.8, 4) is 0 Å². The Morgan fingerprint density at radius 2 is 2.00 bits per heavy atom. The zero-order chi connectivity index (χ0) is 17.1. The van der Waals surface area contributed by atoms with Crippen LogP contribution in [0.3, 0.4) is 0 Å². The Morgan fingerprint density at radius 1 is 1.21 bits per heavy atom. The third-order valence-electron chi connectivity index (χ3n) is 3.20. The summed E-state index contributed by atoms with van der Waals surface area (Å²) < 4.78 is 0. The molecule has 1 heterocycles. The van der Waals surface area contributed by atoms with Gasteiger partial charge in [-0.05, 0) is 31.0 Å². The van der Waals surface area contributed by atoms with Crippen LogP contribution in [-0.4, -0.2) is 28.7 Å². The van der Waals surface area contributed by atoms with Crippen LogP contribution in [0, 0.1) is 0 Å². The van der Waals surface area contributed by atoms with Crippen molar-refractivity contribution < 1.29 is 9.59 Å². The molecule has 3 rings (SSSR count). The van der Waals surface area contributed by atoms with E-state index >= 15 is 0 Å². The Kier molecular flexibility index (Phi) is 5.17. The van der Waals surface area contributed by atoms with Gasteiger partial charge in [0, 0.05) is 10.9 Å². The Bertz CT molecular complexity index is 778. The number of carbonyl (C=O) groups is 2. The summed E-state index contributed by atoms with van der Waals surface area (Å²) in [5.41, 5.74) is 0.384. The number of halogens is 2. The highest BCUT2D eigenvalue weighted by atomic mass is 35.5. The molecule has 1 fully saturated rings. The van der Waals surface area contributed by atoms with Crippen molar-refractivity contribution >= 4 is 57.3 Å². The third kappa shape index (κ3) is 4.56. The fraction of sp³-hybridized carbons (Fsp3) is 0.286. The van der Waals surface area contributed by atoms with Gasteiger partial charge in [0.05, 0.1) is 17.3 Å². The molecule has 0 radical (unpaired) electrons. The lowest BCUT2D eigenvalue weighted by molar-refractivity contribution is -0.115. The molecule has 3 amide bonds. The standard InChI is InChI=1S/C14H13Cl2N5O2S/c15-8-3-4-9(16)10(5-8)18-11(22)6-17-13(23)19-14-21-20-12(24-14)7-1-2-7/h3-5,7H,1-2,6H2,(H,18,22)(H2,17,19,21,23). The van der Waals surface area contributed by atoms with Gasteiger partial charge in [-0.25, -0.2) is 4.79 Å². The number of rotatable bonds is 5. The second-order valence-corrected chi connectivity index (χ2v) is 7.05. The molecule has 7 nitrogen and oxygen atoms in total. The molecule has 1 aliphatic rings. The minimum absolute atomic E-state index is 0.219. The molecule has 0 bridgehead atoms. The number of carbonyl (C=O) groups excluding carboxylic acids is 2. The number of urea groups is 1. The van der Waals surface area contributed by atoms with Gasteiger partial charge in [-0.15, -0.1) is 10.2 Å². The molecule has 1 saturated carbocycles. The summed E-state index contributed by atoms with van der Waals surface area (Å²) in [4.78, 5) is 23.6. The average molecular weight is 386 g/mol. The molecule has 0 aliphatic heterocycles. The zero-order valence-corrected chi connectivity index (χ0v) is 14.6. The lowest BCUT2D eigenvalue weighted by Crippen LogP contribution is -2.35. The van der Waals surface area contributed by atoms with Crippen LogP contribution in [-0.2, 0) is 4.79 Å². The highest BCUT2D eigenvalue weighted by molar-refractivity contribution is 7.15. The largest absolute Gasteiger partial charge is 0.329 e. The molecular weight excluding hydrogens is 373 g/mol. The van der Waals surface area contributed by atoms with E-state index in [2.05, 4.69) is 26.1 Å². The molecule has 0 atom stereocenters. The van der Waals surface area contributed by atoms with Crippen LogP contribution in [0.4, 0.5) is 15.6 Å². The van der Waals surface area contributed by atoms with Gasteiger partial charge in [0.15, 0.2) is 0 Å². The number of amides is 3. The predicted molar refractivity (Wildman–Crippen MR) is 94.0 cm³/mol. The van der Waals surface area contributed by atoms with E-state index in [-0.39, 0.29) is 6.54 Å². The first-order valence-corrected chi connectivity index (χ1v) is 8.71. The van der Waals surface area contributed by atoms with Gasteiger partial charge in [-0.2, -0.15) is 0 Å². The van der Waals surface area contributed by atoms with Gasteiger partial charge >= 0.3 is 6.03 Å². The minimum atomic E-state index is -0.527. The zero-order valence-electron chi connectivity index (χ0n) is 12.3. The summed E-state index contributed by atoms with van der Waals surface area (Å²) in [7, 11) is 0. The van der Waals surface area contributed by atoms with Crippen LogP contribution in [0.5, 0.6) is 0 Å². The van der Waals surface area contributed by atoms with Crippen LogP contribution in [0.2, 0.25) is 10.0 Å². The van der Waals surface area contributed by atoms with Gasteiger partial charge in [-0.1, -0.05) is 34.5 Å². The molecule has 0 saturated heterocycles. The van der Waals surface area contributed by atoms with E-state index in [4.69, 9.17) is 23.2 Å². The highest BCUT2D eigenvalue weighted by Crippen LogP contribution is 2.41. The molecule has 2 aromatic rings. The Morgan fingerprint density at radius 3 is 2.75 bits per heavy atom. The Hall–Kier alpha value is -1.90. The maximum absolute atomic E-state index is 11.9. The lowest BCUT2D eigenvalue weighted by Gasteiger charge is -2.08. The maximum Gasteiger partial charge on any atom is 0.321 e. The molecule has 1 aliphatic carbocycles. The number of anilines is 2. The lowest BCUT2D eigenvalue weighted by atomic mass is 10.3. The molecule has 10 heteroatoms. The smallest absolute Gasteiger partial charge is 0.321 e. The van der Waals surface area contributed by atoms with E-state index in [0.29, 0.717) is 26.8 Å². The third-order valence-corrected chi connectivity index (χ3v) is 4.77. The first kappa shape index (κ1) is 16.9. The normalized spacial score (nSPS) is 13.4. The van der Waals surface area contributed by atoms with E-state index in [1.54, 1.807) is 12.1 Å². The van der Waals surface area contributed by atoms with Crippen LogP contribution >= 0.6 is 34.5 Å². The van der Waals surface area contributed by atoms with Crippen molar-refractivity contribution in [2.45, 2.75) is 18.8 Å². The van der Waals surface area contributed by atoms with Gasteiger partial charge in [0.1, 0.15) is 5.01 Å². The van der Waals surface area contributed by atoms with Crippen LogP contribution in [0.15, 0.2) is 18.2 Å². The highest BCUT2D eigenvalue weighted by Gasteiger charge is 2.27. The molecule has 1 aromatic heterocycles.